The molecule has 0 radical (unpaired) electrons. The Morgan fingerprint density at radius 2 is 2.05 bits per heavy atom. The molecule has 0 saturated carbocycles. The zero-order chi connectivity index (χ0) is 17.0. The summed E-state index contributed by atoms with van der Waals surface area (Å²) in [5.41, 5.74) is 0.667. The lowest BCUT2D eigenvalue weighted by Gasteiger charge is -2.19. The van der Waals surface area contributed by atoms with Crippen molar-refractivity contribution in [1.82, 2.24) is 14.7 Å². The zero-order valence-corrected chi connectivity index (χ0v) is 13.1. The molecule has 0 aliphatic rings. The molecule has 1 unspecified atom stereocenters. The number of carboxylic acid groups (broad SMARTS) is 1. The number of nitro groups is 1. The normalized spacial score (nSPS) is 12.0. The number of hydrogen-bond acceptors (Lipinski definition) is 5. The SMILES string of the molecule is Cc1nn(CCC(=O)N(C)CC(C)C(=O)O)c(C)c1[N+](=O)[O-]. The van der Waals surface area contributed by atoms with Crippen LogP contribution in [-0.2, 0) is 16.1 Å². The third kappa shape index (κ3) is 4.03. The van der Waals surface area contributed by atoms with Gasteiger partial charge in [0, 0.05) is 20.0 Å². The quantitative estimate of drug-likeness (QED) is 0.592. The molecule has 1 amide bonds. The lowest BCUT2D eigenvalue weighted by atomic mass is 10.1. The van der Waals surface area contributed by atoms with E-state index in [1.54, 1.807) is 13.8 Å². The van der Waals surface area contributed by atoms with Crippen LogP contribution in [-0.4, -0.2) is 50.2 Å². The summed E-state index contributed by atoms with van der Waals surface area (Å²) in [6.07, 6.45) is 0.0992. The number of carbonyl (C=O) groups excluding carboxylic acids is 1. The first-order valence-corrected chi connectivity index (χ1v) is 6.80. The van der Waals surface area contributed by atoms with Crippen LogP contribution in [0.25, 0.3) is 0 Å². The third-order valence-electron chi connectivity index (χ3n) is 3.46. The molecule has 0 fully saturated rings. The minimum Gasteiger partial charge on any atom is -0.481 e. The minimum absolute atomic E-state index is 0.0414. The molecule has 1 aromatic rings. The van der Waals surface area contributed by atoms with Gasteiger partial charge in [-0.2, -0.15) is 5.10 Å². The standard InChI is InChI=1S/C13H20N4O5/c1-8(13(19)20)7-15(4)11(18)5-6-16-10(3)12(17(21)22)9(2)14-16/h8H,5-7H2,1-4H3,(H,19,20). The maximum Gasteiger partial charge on any atom is 0.312 e. The van der Waals surface area contributed by atoms with Gasteiger partial charge in [0.15, 0.2) is 0 Å². The Morgan fingerprint density at radius 3 is 2.50 bits per heavy atom. The second-order valence-electron chi connectivity index (χ2n) is 5.26. The molecule has 0 aromatic carbocycles. The van der Waals surface area contributed by atoms with Gasteiger partial charge in [0.2, 0.25) is 5.91 Å². The summed E-state index contributed by atoms with van der Waals surface area (Å²) in [6, 6.07) is 0. The predicted octanol–water partition coefficient (Wildman–Crippen LogP) is 0.977. The lowest BCUT2D eigenvalue weighted by Crippen LogP contribution is -2.34. The average Bonchev–Trinajstić information content (AvgIpc) is 2.70. The summed E-state index contributed by atoms with van der Waals surface area (Å²) >= 11 is 0. The molecule has 22 heavy (non-hydrogen) atoms. The van der Waals surface area contributed by atoms with Crippen LogP contribution in [0.15, 0.2) is 0 Å². The molecule has 1 rings (SSSR count). The molecular weight excluding hydrogens is 292 g/mol. The van der Waals surface area contributed by atoms with Crippen LogP contribution < -0.4 is 0 Å². The van der Waals surface area contributed by atoms with Gasteiger partial charge in [-0.3, -0.25) is 24.4 Å². The van der Waals surface area contributed by atoms with Gasteiger partial charge in [-0.25, -0.2) is 0 Å². The Hall–Kier alpha value is -2.45. The molecule has 1 aromatic heterocycles. The monoisotopic (exact) mass is 312 g/mol. The number of aryl methyl sites for hydroxylation is 2. The van der Waals surface area contributed by atoms with Crippen molar-refractivity contribution >= 4 is 17.6 Å². The fraction of sp³-hybridized carbons (Fsp3) is 0.615. The Bertz CT molecular complexity index is 595. The molecule has 9 nitrogen and oxygen atoms in total. The van der Waals surface area contributed by atoms with Crippen LogP contribution in [0.4, 0.5) is 5.69 Å². The number of nitrogens with zero attached hydrogens (tertiary/aromatic N) is 4. The molecule has 1 heterocycles. The van der Waals surface area contributed by atoms with Crippen molar-refractivity contribution in [2.75, 3.05) is 13.6 Å². The molecular formula is C13H20N4O5. The summed E-state index contributed by atoms with van der Waals surface area (Å²) in [5, 5.41) is 23.8. The van der Waals surface area contributed by atoms with E-state index in [0.717, 1.165) is 0 Å². The van der Waals surface area contributed by atoms with Crippen LogP contribution in [0, 0.1) is 29.9 Å². The van der Waals surface area contributed by atoms with Crippen molar-refractivity contribution in [3.05, 3.63) is 21.5 Å². The number of carboxylic acids is 1. The highest BCUT2D eigenvalue weighted by Crippen LogP contribution is 2.21. The Balaban J connectivity index is 2.67. The molecule has 0 aliphatic carbocycles. The molecule has 0 aliphatic heterocycles. The van der Waals surface area contributed by atoms with Gasteiger partial charge in [-0.05, 0) is 13.8 Å². The van der Waals surface area contributed by atoms with Crippen molar-refractivity contribution in [2.24, 2.45) is 5.92 Å². The topological polar surface area (TPSA) is 119 Å². The Labute approximate surface area is 127 Å². The van der Waals surface area contributed by atoms with Crippen LogP contribution >= 0.6 is 0 Å². The summed E-state index contributed by atoms with van der Waals surface area (Å²) < 4.78 is 1.43. The Kier molecular flexibility index (Phi) is 5.61. The van der Waals surface area contributed by atoms with Crippen molar-refractivity contribution in [3.63, 3.8) is 0 Å². The van der Waals surface area contributed by atoms with Gasteiger partial charge >= 0.3 is 11.7 Å². The fourth-order valence-corrected chi connectivity index (χ4v) is 2.15. The highest BCUT2D eigenvalue weighted by molar-refractivity contribution is 5.77. The van der Waals surface area contributed by atoms with Crippen molar-refractivity contribution < 1.29 is 19.6 Å². The van der Waals surface area contributed by atoms with E-state index in [4.69, 9.17) is 5.11 Å². The van der Waals surface area contributed by atoms with Crippen molar-refractivity contribution in [1.29, 1.82) is 0 Å². The van der Waals surface area contributed by atoms with E-state index in [9.17, 15) is 19.7 Å². The van der Waals surface area contributed by atoms with Crippen LogP contribution in [0.1, 0.15) is 24.7 Å². The lowest BCUT2D eigenvalue weighted by molar-refractivity contribution is -0.386. The van der Waals surface area contributed by atoms with Gasteiger partial charge in [0.25, 0.3) is 0 Å². The number of aliphatic carboxylic acids is 1. The predicted molar refractivity (Wildman–Crippen MR) is 77.4 cm³/mol. The number of rotatable bonds is 7. The minimum atomic E-state index is -0.964. The third-order valence-corrected chi connectivity index (χ3v) is 3.46. The Morgan fingerprint density at radius 1 is 1.45 bits per heavy atom. The molecule has 0 bridgehead atoms. The van der Waals surface area contributed by atoms with Crippen molar-refractivity contribution in [3.8, 4) is 0 Å². The van der Waals surface area contributed by atoms with Gasteiger partial charge < -0.3 is 10.0 Å². The van der Waals surface area contributed by atoms with E-state index >= 15 is 0 Å². The average molecular weight is 312 g/mol. The molecule has 0 saturated heterocycles. The van der Waals surface area contributed by atoms with Crippen molar-refractivity contribution in [2.45, 2.75) is 33.7 Å². The maximum atomic E-state index is 12.0. The van der Waals surface area contributed by atoms with E-state index in [0.29, 0.717) is 11.4 Å². The highest BCUT2D eigenvalue weighted by Gasteiger charge is 2.22. The number of amides is 1. The molecule has 1 atom stereocenters. The van der Waals surface area contributed by atoms with Gasteiger partial charge in [-0.1, -0.05) is 6.92 Å². The van der Waals surface area contributed by atoms with Gasteiger partial charge in [0.05, 0.1) is 17.4 Å². The fourth-order valence-electron chi connectivity index (χ4n) is 2.15. The van der Waals surface area contributed by atoms with E-state index < -0.39 is 16.8 Å². The first-order chi connectivity index (χ1) is 10.1. The highest BCUT2D eigenvalue weighted by atomic mass is 16.6. The van der Waals surface area contributed by atoms with E-state index in [1.165, 1.54) is 23.6 Å². The van der Waals surface area contributed by atoms with Crippen LogP contribution in [0.2, 0.25) is 0 Å². The van der Waals surface area contributed by atoms with Crippen LogP contribution in [0.5, 0.6) is 0 Å². The zero-order valence-electron chi connectivity index (χ0n) is 13.1. The number of hydrogen-bond donors (Lipinski definition) is 1. The summed E-state index contributed by atoms with van der Waals surface area (Å²) in [4.78, 5) is 34.5. The molecule has 9 heteroatoms. The van der Waals surface area contributed by atoms with Crippen LogP contribution in [0.3, 0.4) is 0 Å². The second-order valence-corrected chi connectivity index (χ2v) is 5.26. The summed E-state index contributed by atoms with van der Waals surface area (Å²) in [5.74, 6) is -1.85. The summed E-state index contributed by atoms with van der Waals surface area (Å²) in [6.45, 7) is 4.98. The van der Waals surface area contributed by atoms with E-state index in [2.05, 4.69) is 5.10 Å². The first kappa shape index (κ1) is 17.6. The largest absolute Gasteiger partial charge is 0.481 e. The molecule has 122 valence electrons. The molecule has 0 spiro atoms. The maximum absolute atomic E-state index is 12.0. The van der Waals surface area contributed by atoms with Gasteiger partial charge in [-0.15, -0.1) is 0 Å². The first-order valence-electron chi connectivity index (χ1n) is 6.80. The number of aromatic nitrogens is 2. The number of carbonyl (C=O) groups is 2. The molecule has 1 N–H and O–H groups in total. The summed E-state index contributed by atoms with van der Waals surface area (Å²) in [7, 11) is 1.53. The second kappa shape index (κ2) is 7.01. The smallest absolute Gasteiger partial charge is 0.312 e. The van der Waals surface area contributed by atoms with E-state index in [1.807, 2.05) is 0 Å². The van der Waals surface area contributed by atoms with E-state index in [-0.39, 0.29) is 31.1 Å². The van der Waals surface area contributed by atoms with Gasteiger partial charge in [0.1, 0.15) is 11.4 Å².